The first-order valence-corrected chi connectivity index (χ1v) is 7.23. The summed E-state index contributed by atoms with van der Waals surface area (Å²) in [6.45, 7) is 6.75. The number of hydrogen-bond acceptors (Lipinski definition) is 5. The van der Waals surface area contributed by atoms with E-state index in [1.54, 1.807) is 0 Å². The molecule has 1 aliphatic carbocycles. The molecule has 1 saturated heterocycles. The molecule has 2 N–H and O–H groups in total. The lowest BCUT2D eigenvalue weighted by atomic mass is 9.77. The first-order valence-electron chi connectivity index (χ1n) is 7.23. The van der Waals surface area contributed by atoms with Gasteiger partial charge in [-0.3, -0.25) is 4.79 Å². The highest BCUT2D eigenvalue weighted by atomic mass is 35.5. The molecule has 0 spiro atoms. The van der Waals surface area contributed by atoms with Crippen molar-refractivity contribution in [2.24, 2.45) is 5.73 Å². The van der Waals surface area contributed by atoms with Crippen molar-refractivity contribution in [3.8, 4) is 0 Å². The lowest BCUT2D eigenvalue weighted by Crippen LogP contribution is -2.44. The van der Waals surface area contributed by atoms with E-state index in [1.165, 1.54) is 0 Å². The predicted molar refractivity (Wildman–Crippen MR) is 80.1 cm³/mol. The number of rotatable bonds is 2. The Balaban J connectivity index is 0.00000161. The molecular weight excluding hydrogens is 292 g/mol. The molecule has 2 fully saturated rings. The molecule has 7 heteroatoms. The van der Waals surface area contributed by atoms with Crippen molar-refractivity contribution < 1.29 is 9.32 Å². The quantitative estimate of drug-likeness (QED) is 0.901. The fourth-order valence-corrected chi connectivity index (χ4v) is 2.91. The third kappa shape index (κ3) is 2.79. The third-order valence-corrected chi connectivity index (χ3v) is 4.42. The molecule has 1 aromatic heterocycles. The van der Waals surface area contributed by atoms with Crippen LogP contribution in [0.3, 0.4) is 0 Å². The van der Waals surface area contributed by atoms with Gasteiger partial charge in [0.25, 0.3) is 0 Å². The van der Waals surface area contributed by atoms with Crippen LogP contribution in [0.4, 0.5) is 0 Å². The molecule has 2 heterocycles. The Morgan fingerprint density at radius 3 is 2.52 bits per heavy atom. The van der Waals surface area contributed by atoms with E-state index < -0.39 is 5.54 Å². The summed E-state index contributed by atoms with van der Waals surface area (Å²) in [5, 5.41) is 4.03. The second kappa shape index (κ2) is 5.25. The zero-order chi connectivity index (χ0) is 14.5. The molecule has 1 atom stereocenters. The third-order valence-electron chi connectivity index (χ3n) is 4.42. The van der Waals surface area contributed by atoms with Gasteiger partial charge in [-0.1, -0.05) is 5.16 Å². The topological polar surface area (TPSA) is 85.2 Å². The van der Waals surface area contributed by atoms with Gasteiger partial charge in [0.15, 0.2) is 5.82 Å². The van der Waals surface area contributed by atoms with E-state index in [9.17, 15) is 4.79 Å². The lowest BCUT2D eigenvalue weighted by Gasteiger charge is -2.34. The van der Waals surface area contributed by atoms with Gasteiger partial charge in [0.2, 0.25) is 11.8 Å². The molecule has 0 bridgehead atoms. The monoisotopic (exact) mass is 314 g/mol. The summed E-state index contributed by atoms with van der Waals surface area (Å²) in [6, 6.07) is 0. The van der Waals surface area contributed by atoms with E-state index in [-0.39, 0.29) is 29.8 Å². The molecule has 21 heavy (non-hydrogen) atoms. The predicted octanol–water partition coefficient (Wildman–Crippen LogP) is 1.94. The van der Waals surface area contributed by atoms with E-state index in [2.05, 4.69) is 10.1 Å². The van der Waals surface area contributed by atoms with Crippen molar-refractivity contribution in [1.29, 1.82) is 0 Å². The van der Waals surface area contributed by atoms with Crippen molar-refractivity contribution in [3.63, 3.8) is 0 Å². The van der Waals surface area contributed by atoms with Gasteiger partial charge in [-0.15, -0.1) is 12.4 Å². The maximum atomic E-state index is 12.1. The van der Waals surface area contributed by atoms with Gasteiger partial charge in [-0.2, -0.15) is 4.98 Å². The van der Waals surface area contributed by atoms with E-state index in [0.717, 1.165) is 19.3 Å². The van der Waals surface area contributed by atoms with Gasteiger partial charge in [-0.05, 0) is 40.0 Å². The molecule has 6 nitrogen and oxygen atoms in total. The number of hydrogen-bond donors (Lipinski definition) is 1. The first-order chi connectivity index (χ1) is 9.29. The second-order valence-corrected chi connectivity index (χ2v) is 7.04. The van der Waals surface area contributed by atoms with E-state index in [0.29, 0.717) is 24.7 Å². The number of nitrogens with two attached hydrogens (primary N) is 1. The minimum absolute atomic E-state index is 0. The normalized spacial score (nSPS) is 24.7. The molecule has 118 valence electrons. The average Bonchev–Trinajstić information content (AvgIpc) is 2.90. The molecule has 0 aromatic carbocycles. The van der Waals surface area contributed by atoms with Gasteiger partial charge >= 0.3 is 0 Å². The zero-order valence-corrected chi connectivity index (χ0v) is 13.6. The summed E-state index contributed by atoms with van der Waals surface area (Å²) >= 11 is 0. The van der Waals surface area contributed by atoms with Crippen LogP contribution in [-0.2, 0) is 10.3 Å². The standard InChI is InChI=1S/C14H22N4O2.ClH/c1-13(2,3)18-8-9(7-10(18)19)11-16-12(17-20-11)14(15)5-4-6-14;/h9H,4-8,15H2,1-3H3;1H. The summed E-state index contributed by atoms with van der Waals surface area (Å²) in [5.74, 6) is 1.29. The van der Waals surface area contributed by atoms with Crippen molar-refractivity contribution in [2.75, 3.05) is 6.54 Å². The van der Waals surface area contributed by atoms with Gasteiger partial charge in [0.1, 0.15) is 0 Å². The van der Waals surface area contributed by atoms with E-state index in [1.807, 2.05) is 25.7 Å². The van der Waals surface area contributed by atoms with Crippen LogP contribution in [0.2, 0.25) is 0 Å². The highest BCUT2D eigenvalue weighted by molar-refractivity contribution is 5.85. The second-order valence-electron chi connectivity index (χ2n) is 7.04. The summed E-state index contributed by atoms with van der Waals surface area (Å²) in [5.41, 5.74) is 5.62. The SMILES string of the molecule is CC(C)(C)N1CC(c2nc(C3(N)CCC3)no2)CC1=O.Cl. The smallest absolute Gasteiger partial charge is 0.232 e. The van der Waals surface area contributed by atoms with Crippen LogP contribution in [0.5, 0.6) is 0 Å². The molecule has 2 aliphatic rings. The van der Waals surface area contributed by atoms with Crippen LogP contribution >= 0.6 is 12.4 Å². The molecule has 0 radical (unpaired) electrons. The molecule has 1 aliphatic heterocycles. The number of carbonyl (C=O) groups excluding carboxylic acids is 1. The largest absolute Gasteiger partial charge is 0.339 e. The zero-order valence-electron chi connectivity index (χ0n) is 12.8. The van der Waals surface area contributed by atoms with Crippen molar-refractivity contribution in [2.45, 2.75) is 63.5 Å². The van der Waals surface area contributed by atoms with Gasteiger partial charge in [0.05, 0.1) is 11.5 Å². The molecule has 1 aromatic rings. The number of aromatic nitrogens is 2. The molecular formula is C14H23ClN4O2. The van der Waals surface area contributed by atoms with Crippen molar-refractivity contribution >= 4 is 18.3 Å². The highest BCUT2D eigenvalue weighted by Crippen LogP contribution is 2.38. The van der Waals surface area contributed by atoms with Gasteiger partial charge in [-0.25, -0.2) is 0 Å². The van der Waals surface area contributed by atoms with Crippen LogP contribution in [-0.4, -0.2) is 33.0 Å². The Morgan fingerprint density at radius 1 is 1.38 bits per heavy atom. The van der Waals surface area contributed by atoms with Crippen LogP contribution in [0, 0.1) is 0 Å². The molecule has 1 saturated carbocycles. The first kappa shape index (κ1) is 16.2. The molecule has 3 rings (SSSR count). The highest BCUT2D eigenvalue weighted by Gasteiger charge is 2.42. The Bertz CT molecular complexity index is 533. The molecule has 1 amide bonds. The van der Waals surface area contributed by atoms with Crippen LogP contribution in [0.15, 0.2) is 4.52 Å². The maximum absolute atomic E-state index is 12.1. The Kier molecular flexibility index (Phi) is 4.06. The Hall–Kier alpha value is -1.14. The van der Waals surface area contributed by atoms with E-state index in [4.69, 9.17) is 10.3 Å². The van der Waals surface area contributed by atoms with Crippen LogP contribution in [0.25, 0.3) is 0 Å². The van der Waals surface area contributed by atoms with Crippen LogP contribution in [0.1, 0.15) is 64.1 Å². The minimum atomic E-state index is -0.409. The maximum Gasteiger partial charge on any atom is 0.232 e. The summed E-state index contributed by atoms with van der Waals surface area (Å²) in [6.07, 6.45) is 3.37. The van der Waals surface area contributed by atoms with Gasteiger partial charge < -0.3 is 15.2 Å². The number of likely N-dealkylation sites (tertiary alicyclic amines) is 1. The van der Waals surface area contributed by atoms with Gasteiger partial charge in [0, 0.05) is 18.5 Å². The molecule has 1 unspecified atom stereocenters. The van der Waals surface area contributed by atoms with E-state index >= 15 is 0 Å². The summed E-state index contributed by atoms with van der Waals surface area (Å²) in [4.78, 5) is 18.4. The minimum Gasteiger partial charge on any atom is -0.339 e. The fraction of sp³-hybridized carbons (Fsp3) is 0.786. The Morgan fingerprint density at radius 2 is 2.05 bits per heavy atom. The fourth-order valence-electron chi connectivity index (χ4n) is 2.91. The number of amides is 1. The lowest BCUT2D eigenvalue weighted by molar-refractivity contribution is -0.131. The van der Waals surface area contributed by atoms with Crippen molar-refractivity contribution in [3.05, 3.63) is 11.7 Å². The Labute approximate surface area is 130 Å². The number of nitrogens with zero attached hydrogens (tertiary/aromatic N) is 3. The summed E-state index contributed by atoms with van der Waals surface area (Å²) < 4.78 is 5.36. The summed E-state index contributed by atoms with van der Waals surface area (Å²) in [7, 11) is 0. The van der Waals surface area contributed by atoms with Crippen molar-refractivity contribution in [1.82, 2.24) is 15.0 Å². The number of carbonyl (C=O) groups is 1. The number of halogens is 1. The van der Waals surface area contributed by atoms with Crippen LogP contribution < -0.4 is 5.73 Å². The average molecular weight is 315 g/mol.